The third-order valence-corrected chi connectivity index (χ3v) is 7.80. The molecule has 1 saturated heterocycles. The molecule has 0 saturated carbocycles. The number of hydrogen-bond acceptors (Lipinski definition) is 5. The Balaban J connectivity index is 1.68. The quantitative estimate of drug-likeness (QED) is 0.594. The minimum absolute atomic E-state index is 0.0660. The molecule has 2 aromatic rings. The second kappa shape index (κ2) is 10.3. The van der Waals surface area contributed by atoms with E-state index in [-0.39, 0.29) is 22.4 Å². The van der Waals surface area contributed by atoms with Crippen LogP contribution in [0.15, 0.2) is 53.4 Å². The third kappa shape index (κ3) is 5.55. The molecule has 0 N–H and O–H groups in total. The molecule has 3 rings (SSSR count). The topological polar surface area (TPSA) is 84.0 Å². The number of aryl methyl sites for hydroxylation is 1. The molecule has 0 radical (unpaired) electrons. The van der Waals surface area contributed by atoms with Crippen molar-refractivity contribution in [3.63, 3.8) is 0 Å². The first-order valence-corrected chi connectivity index (χ1v) is 12.2. The zero-order valence-electron chi connectivity index (χ0n) is 18.8. The highest BCUT2D eigenvalue weighted by Gasteiger charge is 2.31. The molecule has 0 aliphatic carbocycles. The van der Waals surface area contributed by atoms with Crippen LogP contribution >= 0.6 is 0 Å². The van der Waals surface area contributed by atoms with E-state index < -0.39 is 22.6 Å². The van der Waals surface area contributed by atoms with Crippen molar-refractivity contribution in [2.45, 2.75) is 50.6 Å². The predicted octanol–water partition coefficient (Wildman–Crippen LogP) is 3.37. The lowest BCUT2D eigenvalue weighted by atomic mass is 10.1. The van der Waals surface area contributed by atoms with Crippen LogP contribution in [0.2, 0.25) is 0 Å². The van der Waals surface area contributed by atoms with E-state index in [0.29, 0.717) is 18.7 Å². The normalized spacial score (nSPS) is 17.0. The van der Waals surface area contributed by atoms with Gasteiger partial charge < -0.3 is 9.64 Å². The Kier molecular flexibility index (Phi) is 7.69. The van der Waals surface area contributed by atoms with Crippen molar-refractivity contribution in [3.05, 3.63) is 65.2 Å². The third-order valence-electron chi connectivity index (χ3n) is 5.79. The number of ether oxygens (including phenoxy) is 1. The van der Waals surface area contributed by atoms with E-state index in [2.05, 4.69) is 0 Å². The molecule has 0 spiro atoms. The minimum Gasteiger partial charge on any atom is -0.452 e. The first kappa shape index (κ1) is 23.9. The lowest BCUT2D eigenvalue weighted by Gasteiger charge is -2.32. The van der Waals surface area contributed by atoms with Crippen molar-refractivity contribution in [2.24, 2.45) is 0 Å². The number of esters is 1. The van der Waals surface area contributed by atoms with E-state index >= 15 is 0 Å². The van der Waals surface area contributed by atoms with Gasteiger partial charge in [0.15, 0.2) is 6.61 Å². The predicted molar refractivity (Wildman–Crippen MR) is 122 cm³/mol. The highest BCUT2D eigenvalue weighted by molar-refractivity contribution is 7.89. The molecule has 8 heteroatoms. The lowest BCUT2D eigenvalue weighted by Crippen LogP contribution is -2.42. The maximum absolute atomic E-state index is 13.1. The molecular formula is C24H30N2O5S. The number of carbonyl (C=O) groups is 2. The Morgan fingerprint density at radius 2 is 1.84 bits per heavy atom. The zero-order valence-corrected chi connectivity index (χ0v) is 19.6. The average Bonchev–Trinajstić information content (AvgIpc) is 2.78. The van der Waals surface area contributed by atoms with Crippen molar-refractivity contribution in [2.75, 3.05) is 20.2 Å². The first-order chi connectivity index (χ1) is 15.2. The molecule has 32 heavy (non-hydrogen) atoms. The van der Waals surface area contributed by atoms with Crippen LogP contribution in [0.4, 0.5) is 0 Å². The van der Waals surface area contributed by atoms with Gasteiger partial charge in [-0.1, -0.05) is 42.8 Å². The fourth-order valence-corrected chi connectivity index (χ4v) is 5.53. The number of sulfonamides is 1. The molecule has 1 amide bonds. The molecule has 1 fully saturated rings. The van der Waals surface area contributed by atoms with Gasteiger partial charge in [0.25, 0.3) is 5.91 Å². The van der Waals surface area contributed by atoms with Gasteiger partial charge in [-0.3, -0.25) is 4.79 Å². The van der Waals surface area contributed by atoms with E-state index in [1.54, 1.807) is 20.0 Å². The lowest BCUT2D eigenvalue weighted by molar-refractivity contribution is -0.133. The highest BCUT2D eigenvalue weighted by Crippen LogP contribution is 2.26. The number of amides is 1. The van der Waals surface area contributed by atoms with E-state index in [9.17, 15) is 18.0 Å². The van der Waals surface area contributed by atoms with E-state index in [0.717, 1.165) is 24.8 Å². The SMILES string of the molecule is Cc1ccc(S(=O)(=O)N2CCCCC2C)cc1C(=O)OCC(=O)N(C)Cc1ccccc1. The van der Waals surface area contributed by atoms with Crippen molar-refractivity contribution in [1.82, 2.24) is 9.21 Å². The molecule has 2 aromatic carbocycles. The van der Waals surface area contributed by atoms with Gasteiger partial charge in [-0.05, 0) is 49.9 Å². The van der Waals surface area contributed by atoms with Crippen molar-refractivity contribution >= 4 is 21.9 Å². The van der Waals surface area contributed by atoms with E-state index in [4.69, 9.17) is 4.74 Å². The van der Waals surface area contributed by atoms with Crippen LogP contribution in [0.5, 0.6) is 0 Å². The van der Waals surface area contributed by atoms with Gasteiger partial charge in [0.05, 0.1) is 10.5 Å². The monoisotopic (exact) mass is 458 g/mol. The summed E-state index contributed by atoms with van der Waals surface area (Å²) in [5, 5.41) is 0. The number of rotatable bonds is 7. The molecule has 1 unspecified atom stereocenters. The van der Waals surface area contributed by atoms with Gasteiger partial charge >= 0.3 is 5.97 Å². The number of benzene rings is 2. The molecule has 172 valence electrons. The molecule has 1 atom stereocenters. The van der Waals surface area contributed by atoms with Crippen LogP contribution in [0, 0.1) is 6.92 Å². The van der Waals surface area contributed by atoms with Crippen LogP contribution in [0.25, 0.3) is 0 Å². The van der Waals surface area contributed by atoms with Gasteiger partial charge in [0.1, 0.15) is 0 Å². The van der Waals surface area contributed by atoms with Crippen molar-refractivity contribution < 1.29 is 22.7 Å². The van der Waals surface area contributed by atoms with E-state index in [1.165, 1.54) is 21.3 Å². The summed E-state index contributed by atoms with van der Waals surface area (Å²) in [5.41, 5.74) is 1.70. The molecular weight excluding hydrogens is 428 g/mol. The number of nitrogens with zero attached hydrogens (tertiary/aromatic N) is 2. The molecule has 0 aromatic heterocycles. The molecule has 1 aliphatic heterocycles. The van der Waals surface area contributed by atoms with Crippen LogP contribution in [-0.4, -0.2) is 55.7 Å². The summed E-state index contributed by atoms with van der Waals surface area (Å²) in [6.45, 7) is 4.07. The fourth-order valence-electron chi connectivity index (χ4n) is 3.81. The number of carbonyl (C=O) groups excluding carboxylic acids is 2. The minimum atomic E-state index is -3.71. The smallest absolute Gasteiger partial charge is 0.338 e. The fraction of sp³-hybridized carbons (Fsp3) is 0.417. The Bertz CT molecular complexity index is 1070. The Hall–Kier alpha value is -2.71. The molecule has 0 bridgehead atoms. The number of piperidine rings is 1. The maximum atomic E-state index is 13.1. The summed E-state index contributed by atoms with van der Waals surface area (Å²) in [6, 6.07) is 13.9. The Labute approximate surface area is 190 Å². The Morgan fingerprint density at radius 1 is 1.12 bits per heavy atom. The largest absolute Gasteiger partial charge is 0.452 e. The standard InChI is InChI=1S/C24H30N2O5S/c1-18-12-13-21(32(29,30)26-14-8-7-9-19(26)2)15-22(18)24(28)31-17-23(27)25(3)16-20-10-5-4-6-11-20/h4-6,10-13,15,19H,7-9,14,16-17H2,1-3H3. The molecule has 1 heterocycles. The summed E-state index contributed by atoms with van der Waals surface area (Å²) < 4.78 is 33.0. The van der Waals surface area contributed by atoms with Crippen LogP contribution in [-0.2, 0) is 26.1 Å². The van der Waals surface area contributed by atoms with Crippen molar-refractivity contribution in [1.29, 1.82) is 0 Å². The van der Waals surface area contributed by atoms with Gasteiger partial charge in [-0.15, -0.1) is 0 Å². The van der Waals surface area contributed by atoms with Gasteiger partial charge in [-0.25, -0.2) is 13.2 Å². The zero-order chi connectivity index (χ0) is 23.3. The number of likely N-dealkylation sites (N-methyl/N-ethyl adjacent to an activating group) is 1. The summed E-state index contributed by atoms with van der Waals surface area (Å²) in [5.74, 6) is -1.06. The molecule has 1 aliphatic rings. The van der Waals surface area contributed by atoms with Crippen LogP contribution in [0.1, 0.15) is 47.7 Å². The summed E-state index contributed by atoms with van der Waals surface area (Å²) in [7, 11) is -2.07. The summed E-state index contributed by atoms with van der Waals surface area (Å²) in [4.78, 5) is 26.6. The summed E-state index contributed by atoms with van der Waals surface area (Å²) in [6.07, 6.45) is 2.65. The Morgan fingerprint density at radius 3 is 2.53 bits per heavy atom. The number of hydrogen-bond donors (Lipinski definition) is 0. The van der Waals surface area contributed by atoms with Gasteiger partial charge in [0.2, 0.25) is 10.0 Å². The first-order valence-electron chi connectivity index (χ1n) is 10.8. The maximum Gasteiger partial charge on any atom is 0.338 e. The second-order valence-electron chi connectivity index (χ2n) is 8.25. The van der Waals surface area contributed by atoms with Gasteiger partial charge in [-0.2, -0.15) is 4.31 Å². The highest BCUT2D eigenvalue weighted by atomic mass is 32.2. The average molecular weight is 459 g/mol. The van der Waals surface area contributed by atoms with E-state index in [1.807, 2.05) is 37.3 Å². The van der Waals surface area contributed by atoms with Crippen molar-refractivity contribution in [3.8, 4) is 0 Å². The van der Waals surface area contributed by atoms with Crippen LogP contribution < -0.4 is 0 Å². The summed E-state index contributed by atoms with van der Waals surface area (Å²) >= 11 is 0. The van der Waals surface area contributed by atoms with Crippen LogP contribution in [0.3, 0.4) is 0 Å². The second-order valence-corrected chi connectivity index (χ2v) is 10.1. The van der Waals surface area contributed by atoms with Gasteiger partial charge in [0, 0.05) is 26.2 Å². The molecule has 7 nitrogen and oxygen atoms in total.